The third kappa shape index (κ3) is 2.51. The van der Waals surface area contributed by atoms with Crippen LogP contribution in [0.15, 0.2) is 6.33 Å². The summed E-state index contributed by atoms with van der Waals surface area (Å²) < 4.78 is 0. The number of H-pyrrole nitrogens is 1. The second-order valence-electron chi connectivity index (χ2n) is 6.86. The molecule has 3 heterocycles. The summed E-state index contributed by atoms with van der Waals surface area (Å²) in [6.45, 7) is 7.14. The van der Waals surface area contributed by atoms with E-state index in [2.05, 4.69) is 43.9 Å². The van der Waals surface area contributed by atoms with Crippen LogP contribution in [-0.4, -0.2) is 51.2 Å². The van der Waals surface area contributed by atoms with Crippen molar-refractivity contribution in [1.29, 1.82) is 0 Å². The maximum Gasteiger partial charge on any atom is 0.135 e. The van der Waals surface area contributed by atoms with Gasteiger partial charge in [-0.1, -0.05) is 0 Å². The molecule has 1 N–H and O–H groups in total. The Bertz CT molecular complexity index is 716. The number of hydrogen-bond acceptors (Lipinski definition) is 5. The highest BCUT2D eigenvalue weighted by atomic mass is 15.3. The average molecular weight is 312 g/mol. The van der Waals surface area contributed by atoms with E-state index in [-0.39, 0.29) is 0 Å². The molecular weight excluding hydrogens is 288 g/mol. The Morgan fingerprint density at radius 3 is 2.91 bits per heavy atom. The molecule has 0 atom stereocenters. The number of anilines is 1. The van der Waals surface area contributed by atoms with Crippen molar-refractivity contribution < 1.29 is 0 Å². The summed E-state index contributed by atoms with van der Waals surface area (Å²) in [6, 6.07) is 0.568. The lowest BCUT2D eigenvalue weighted by molar-refractivity contribution is 0.194. The van der Waals surface area contributed by atoms with E-state index in [0.717, 1.165) is 37.6 Å². The van der Waals surface area contributed by atoms with Gasteiger partial charge in [0.25, 0.3) is 0 Å². The number of nitrogens with one attached hydrogen (secondary N) is 1. The van der Waals surface area contributed by atoms with Crippen LogP contribution in [0, 0.1) is 13.8 Å². The maximum absolute atomic E-state index is 4.52. The quantitative estimate of drug-likeness (QED) is 0.930. The van der Waals surface area contributed by atoms with Crippen molar-refractivity contribution in [3.05, 3.63) is 34.5 Å². The minimum atomic E-state index is 0.568. The van der Waals surface area contributed by atoms with Gasteiger partial charge in [0.1, 0.15) is 12.1 Å². The number of aromatic nitrogens is 4. The first kappa shape index (κ1) is 14.6. The van der Waals surface area contributed by atoms with Gasteiger partial charge in [0.15, 0.2) is 0 Å². The number of aromatic amines is 1. The summed E-state index contributed by atoms with van der Waals surface area (Å²) in [5, 5.41) is 7.73. The molecule has 1 saturated heterocycles. The van der Waals surface area contributed by atoms with Crippen molar-refractivity contribution in [2.75, 3.05) is 25.0 Å². The number of likely N-dealkylation sites (N-methyl/N-ethyl adjacent to an activating group) is 1. The van der Waals surface area contributed by atoms with Crippen LogP contribution in [0.2, 0.25) is 0 Å². The summed E-state index contributed by atoms with van der Waals surface area (Å²) in [5.74, 6) is 1.09. The van der Waals surface area contributed by atoms with Crippen LogP contribution in [0.1, 0.15) is 34.6 Å². The van der Waals surface area contributed by atoms with Gasteiger partial charge in [0, 0.05) is 42.6 Å². The number of nitrogens with zero attached hydrogens (tertiary/aromatic N) is 5. The summed E-state index contributed by atoms with van der Waals surface area (Å²) >= 11 is 0. The highest BCUT2D eigenvalue weighted by Gasteiger charge is 2.32. The Balaban J connectivity index is 1.38. The van der Waals surface area contributed by atoms with Crippen LogP contribution < -0.4 is 4.90 Å². The van der Waals surface area contributed by atoms with E-state index in [9.17, 15) is 0 Å². The number of fused-ring (bicyclic) bond motifs is 1. The van der Waals surface area contributed by atoms with Gasteiger partial charge in [-0.25, -0.2) is 9.97 Å². The van der Waals surface area contributed by atoms with Crippen molar-refractivity contribution in [2.45, 2.75) is 45.7 Å². The monoisotopic (exact) mass is 312 g/mol. The van der Waals surface area contributed by atoms with Crippen LogP contribution >= 0.6 is 0 Å². The lowest BCUT2D eigenvalue weighted by atomic mass is 10.1. The molecule has 1 aliphatic carbocycles. The first-order valence-electron chi connectivity index (χ1n) is 8.42. The van der Waals surface area contributed by atoms with Crippen molar-refractivity contribution in [2.24, 2.45) is 0 Å². The molecule has 2 aromatic rings. The molecular formula is C17H24N6. The molecule has 1 fully saturated rings. The van der Waals surface area contributed by atoms with E-state index in [4.69, 9.17) is 0 Å². The molecule has 23 heavy (non-hydrogen) atoms. The van der Waals surface area contributed by atoms with Crippen molar-refractivity contribution in [1.82, 2.24) is 25.1 Å². The fraction of sp³-hybridized carbons (Fsp3) is 0.588. The molecule has 6 nitrogen and oxygen atoms in total. The molecule has 0 unspecified atom stereocenters. The lowest BCUT2D eigenvalue weighted by Gasteiger charge is -2.45. The average Bonchev–Trinajstić information content (AvgIpc) is 3.07. The first-order valence-corrected chi connectivity index (χ1v) is 8.42. The molecule has 1 aliphatic heterocycles. The van der Waals surface area contributed by atoms with Crippen molar-refractivity contribution in [3.63, 3.8) is 0 Å². The predicted molar refractivity (Wildman–Crippen MR) is 89.6 cm³/mol. The molecule has 0 saturated carbocycles. The van der Waals surface area contributed by atoms with Gasteiger partial charge < -0.3 is 4.90 Å². The van der Waals surface area contributed by atoms with Crippen LogP contribution in [0.5, 0.6) is 0 Å². The Morgan fingerprint density at radius 2 is 2.09 bits per heavy atom. The number of rotatable bonds is 4. The van der Waals surface area contributed by atoms with Crippen LogP contribution in [0.25, 0.3) is 0 Å². The van der Waals surface area contributed by atoms with Crippen molar-refractivity contribution >= 4 is 5.82 Å². The zero-order chi connectivity index (χ0) is 16.0. The van der Waals surface area contributed by atoms with E-state index in [1.165, 1.54) is 35.4 Å². The second kappa shape index (κ2) is 5.60. The van der Waals surface area contributed by atoms with Gasteiger partial charge in [-0.3, -0.25) is 10.00 Å². The number of aryl methyl sites for hydroxylation is 2. The first-order chi connectivity index (χ1) is 11.1. The van der Waals surface area contributed by atoms with Gasteiger partial charge in [0.2, 0.25) is 0 Å². The Labute approximate surface area is 136 Å². The fourth-order valence-corrected chi connectivity index (χ4v) is 3.64. The minimum Gasteiger partial charge on any atom is -0.353 e. The van der Waals surface area contributed by atoms with Crippen LogP contribution in [0.3, 0.4) is 0 Å². The summed E-state index contributed by atoms with van der Waals surface area (Å²) in [7, 11) is 2.20. The summed E-state index contributed by atoms with van der Waals surface area (Å²) in [5.41, 5.74) is 6.33. The van der Waals surface area contributed by atoms with Gasteiger partial charge in [-0.15, -0.1) is 0 Å². The molecule has 0 bridgehead atoms. The second-order valence-corrected chi connectivity index (χ2v) is 6.86. The van der Waals surface area contributed by atoms with E-state index in [1.54, 1.807) is 6.33 Å². The molecule has 2 aromatic heterocycles. The molecule has 0 amide bonds. The number of hydrogen-bond donors (Lipinski definition) is 1. The fourth-order valence-electron chi connectivity index (χ4n) is 3.64. The van der Waals surface area contributed by atoms with Crippen LogP contribution in [-0.2, 0) is 19.4 Å². The SMILES string of the molecule is Cc1ncnc(N2CC(N(C)Cc3n[nH]c4c3CCC4)C2)c1C. The topological polar surface area (TPSA) is 60.9 Å². The van der Waals surface area contributed by atoms with Gasteiger partial charge in [-0.05, 0) is 45.7 Å². The Morgan fingerprint density at radius 1 is 1.26 bits per heavy atom. The minimum absolute atomic E-state index is 0.568. The zero-order valence-electron chi connectivity index (χ0n) is 14.1. The summed E-state index contributed by atoms with van der Waals surface area (Å²) in [4.78, 5) is 13.5. The molecule has 0 radical (unpaired) electrons. The third-order valence-corrected chi connectivity index (χ3v) is 5.39. The Kier molecular flexibility index (Phi) is 3.56. The molecule has 0 aromatic carbocycles. The van der Waals surface area contributed by atoms with Crippen molar-refractivity contribution in [3.8, 4) is 0 Å². The van der Waals surface area contributed by atoms with E-state index < -0.39 is 0 Å². The van der Waals surface area contributed by atoms with E-state index >= 15 is 0 Å². The highest BCUT2D eigenvalue weighted by molar-refractivity contribution is 5.50. The van der Waals surface area contributed by atoms with Crippen LogP contribution in [0.4, 0.5) is 5.82 Å². The highest BCUT2D eigenvalue weighted by Crippen LogP contribution is 2.27. The molecule has 4 rings (SSSR count). The van der Waals surface area contributed by atoms with Gasteiger partial charge >= 0.3 is 0 Å². The smallest absolute Gasteiger partial charge is 0.135 e. The standard InChI is InChI=1S/C17H24N6/c1-11-12(2)18-10-19-17(11)23-7-13(8-23)22(3)9-16-14-5-4-6-15(14)20-21-16/h10,13H,4-9H2,1-3H3,(H,20,21). The molecule has 122 valence electrons. The summed E-state index contributed by atoms with van der Waals surface area (Å²) in [6.07, 6.45) is 5.28. The largest absolute Gasteiger partial charge is 0.353 e. The molecule has 6 heteroatoms. The van der Waals surface area contributed by atoms with Gasteiger partial charge in [0.05, 0.1) is 5.69 Å². The zero-order valence-corrected chi connectivity index (χ0v) is 14.1. The third-order valence-electron chi connectivity index (χ3n) is 5.39. The molecule has 0 spiro atoms. The normalized spacial score (nSPS) is 17.7. The molecule has 2 aliphatic rings. The lowest BCUT2D eigenvalue weighted by Crippen LogP contribution is -2.58. The van der Waals surface area contributed by atoms with E-state index in [1.807, 2.05) is 6.92 Å². The maximum atomic E-state index is 4.52. The van der Waals surface area contributed by atoms with E-state index in [0.29, 0.717) is 6.04 Å². The Hall–Kier alpha value is -1.95. The predicted octanol–water partition coefficient (Wildman–Crippen LogP) is 1.63. The van der Waals surface area contributed by atoms with Gasteiger partial charge in [-0.2, -0.15) is 5.10 Å².